The monoisotopic (exact) mass is 204 g/mol. The smallest absolute Gasteiger partial charge is 0.0533 e. The summed E-state index contributed by atoms with van der Waals surface area (Å²) in [5.74, 6) is 0.981. The number of hydrogen-bond acceptors (Lipinski definition) is 1. The zero-order valence-corrected chi connectivity index (χ0v) is 7.69. The molecule has 2 heteroatoms. The molecule has 0 radical (unpaired) electrons. The van der Waals surface area contributed by atoms with E-state index < -0.39 is 0 Å². The minimum Gasteiger partial charge on any atom is -0.381 e. The van der Waals surface area contributed by atoms with Gasteiger partial charge in [-0.2, -0.15) is 0 Å². The number of ether oxygens (including phenoxy) is 1. The van der Waals surface area contributed by atoms with Crippen molar-refractivity contribution in [1.29, 1.82) is 0 Å². The molecule has 0 aromatic rings. The van der Waals surface area contributed by atoms with Crippen LogP contribution in [0.3, 0.4) is 0 Å². The van der Waals surface area contributed by atoms with Crippen LogP contribution in [0.2, 0.25) is 0 Å². The topological polar surface area (TPSA) is 9.23 Å². The second-order valence-corrected chi connectivity index (χ2v) is 4.13. The first-order chi connectivity index (χ1) is 4.87. The standard InChI is InChI=1S/C8H13BrO/c9-5-8(7-1-2-7)3-4-10-6-8/h7H,1-6H2. The van der Waals surface area contributed by atoms with Gasteiger partial charge in [-0.3, -0.25) is 0 Å². The van der Waals surface area contributed by atoms with Crippen LogP contribution in [-0.4, -0.2) is 18.5 Å². The Balaban J connectivity index is 2.04. The molecule has 0 spiro atoms. The third-order valence-corrected chi connectivity index (χ3v) is 3.96. The molecule has 1 saturated heterocycles. The van der Waals surface area contributed by atoms with Crippen molar-refractivity contribution in [3.8, 4) is 0 Å². The Morgan fingerprint density at radius 2 is 2.30 bits per heavy atom. The summed E-state index contributed by atoms with van der Waals surface area (Å²) < 4.78 is 5.42. The molecule has 0 aromatic heterocycles. The minimum absolute atomic E-state index is 0.542. The SMILES string of the molecule is BrCC1(C2CC2)CCOC1. The van der Waals surface area contributed by atoms with Crippen molar-refractivity contribution in [2.45, 2.75) is 19.3 Å². The molecular formula is C8H13BrO. The van der Waals surface area contributed by atoms with Gasteiger partial charge in [-0.25, -0.2) is 0 Å². The first kappa shape index (κ1) is 7.11. The van der Waals surface area contributed by atoms with E-state index in [1.165, 1.54) is 19.3 Å². The van der Waals surface area contributed by atoms with Gasteiger partial charge in [0.05, 0.1) is 6.61 Å². The molecule has 0 bridgehead atoms. The lowest BCUT2D eigenvalue weighted by Crippen LogP contribution is -2.25. The lowest BCUT2D eigenvalue weighted by atomic mass is 9.84. The van der Waals surface area contributed by atoms with E-state index in [9.17, 15) is 0 Å². The Kier molecular flexibility index (Phi) is 1.77. The summed E-state index contributed by atoms with van der Waals surface area (Å²) in [7, 11) is 0. The van der Waals surface area contributed by atoms with Crippen LogP contribution in [-0.2, 0) is 4.74 Å². The molecule has 1 aliphatic carbocycles. The molecule has 1 atom stereocenters. The summed E-state index contributed by atoms with van der Waals surface area (Å²) >= 11 is 3.59. The van der Waals surface area contributed by atoms with E-state index in [1.807, 2.05) is 0 Å². The molecule has 2 aliphatic rings. The Morgan fingerprint density at radius 1 is 1.50 bits per heavy atom. The number of halogens is 1. The zero-order valence-electron chi connectivity index (χ0n) is 6.11. The quantitative estimate of drug-likeness (QED) is 0.628. The molecule has 2 fully saturated rings. The van der Waals surface area contributed by atoms with Crippen LogP contribution in [0.5, 0.6) is 0 Å². The Morgan fingerprint density at radius 3 is 2.70 bits per heavy atom. The van der Waals surface area contributed by atoms with Crippen LogP contribution in [0.1, 0.15) is 19.3 Å². The van der Waals surface area contributed by atoms with Gasteiger partial charge >= 0.3 is 0 Å². The summed E-state index contributed by atoms with van der Waals surface area (Å²) in [5.41, 5.74) is 0.542. The highest BCUT2D eigenvalue weighted by molar-refractivity contribution is 9.09. The highest BCUT2D eigenvalue weighted by Gasteiger charge is 2.46. The highest BCUT2D eigenvalue weighted by Crippen LogP contribution is 2.51. The van der Waals surface area contributed by atoms with Crippen LogP contribution in [0, 0.1) is 11.3 Å². The van der Waals surface area contributed by atoms with Gasteiger partial charge in [0.2, 0.25) is 0 Å². The van der Waals surface area contributed by atoms with Gasteiger partial charge in [0.1, 0.15) is 0 Å². The van der Waals surface area contributed by atoms with Crippen LogP contribution in [0.25, 0.3) is 0 Å². The molecule has 58 valence electrons. The summed E-state index contributed by atoms with van der Waals surface area (Å²) in [6.07, 6.45) is 4.16. The summed E-state index contributed by atoms with van der Waals surface area (Å²) in [5, 5.41) is 1.14. The molecule has 1 nitrogen and oxygen atoms in total. The van der Waals surface area contributed by atoms with Gasteiger partial charge < -0.3 is 4.74 Å². The molecule has 10 heavy (non-hydrogen) atoms. The van der Waals surface area contributed by atoms with E-state index in [4.69, 9.17) is 4.74 Å². The van der Waals surface area contributed by atoms with E-state index in [2.05, 4.69) is 15.9 Å². The second kappa shape index (κ2) is 2.49. The molecule has 1 heterocycles. The molecule has 1 aliphatic heterocycles. The fourth-order valence-electron chi connectivity index (χ4n) is 1.86. The van der Waals surface area contributed by atoms with Gasteiger partial charge in [0.25, 0.3) is 0 Å². The maximum Gasteiger partial charge on any atom is 0.0533 e. The van der Waals surface area contributed by atoms with Gasteiger partial charge in [0, 0.05) is 17.4 Å². The molecule has 0 aromatic carbocycles. The van der Waals surface area contributed by atoms with Gasteiger partial charge in [-0.05, 0) is 25.2 Å². The Hall–Kier alpha value is 0.440. The number of alkyl halides is 1. The van der Waals surface area contributed by atoms with Gasteiger partial charge in [0.15, 0.2) is 0 Å². The van der Waals surface area contributed by atoms with Crippen LogP contribution < -0.4 is 0 Å². The fourth-order valence-corrected chi connectivity index (χ4v) is 2.76. The lowest BCUT2D eigenvalue weighted by Gasteiger charge is -2.23. The first-order valence-corrected chi connectivity index (χ1v) is 5.13. The average Bonchev–Trinajstić information content (AvgIpc) is 2.71. The minimum atomic E-state index is 0.542. The third-order valence-electron chi connectivity index (χ3n) is 2.84. The van der Waals surface area contributed by atoms with E-state index in [0.717, 1.165) is 24.5 Å². The maximum absolute atomic E-state index is 5.42. The van der Waals surface area contributed by atoms with Crippen LogP contribution in [0.4, 0.5) is 0 Å². The maximum atomic E-state index is 5.42. The number of hydrogen-bond donors (Lipinski definition) is 0. The molecule has 1 saturated carbocycles. The van der Waals surface area contributed by atoms with Crippen molar-refractivity contribution in [1.82, 2.24) is 0 Å². The van der Waals surface area contributed by atoms with Gasteiger partial charge in [-0.1, -0.05) is 15.9 Å². The summed E-state index contributed by atoms with van der Waals surface area (Å²) in [6.45, 7) is 1.99. The first-order valence-electron chi connectivity index (χ1n) is 4.01. The molecular weight excluding hydrogens is 192 g/mol. The van der Waals surface area contributed by atoms with Crippen LogP contribution in [0.15, 0.2) is 0 Å². The highest BCUT2D eigenvalue weighted by atomic mass is 79.9. The van der Waals surface area contributed by atoms with Crippen molar-refractivity contribution in [2.24, 2.45) is 11.3 Å². The van der Waals surface area contributed by atoms with Crippen molar-refractivity contribution < 1.29 is 4.74 Å². The van der Waals surface area contributed by atoms with Crippen molar-refractivity contribution in [3.63, 3.8) is 0 Å². The average molecular weight is 205 g/mol. The Labute approximate surface area is 70.3 Å². The predicted molar refractivity (Wildman–Crippen MR) is 44.4 cm³/mol. The van der Waals surface area contributed by atoms with Crippen molar-refractivity contribution >= 4 is 15.9 Å². The largest absolute Gasteiger partial charge is 0.381 e. The second-order valence-electron chi connectivity index (χ2n) is 3.57. The van der Waals surface area contributed by atoms with E-state index in [1.54, 1.807) is 0 Å². The van der Waals surface area contributed by atoms with Crippen molar-refractivity contribution in [2.75, 3.05) is 18.5 Å². The van der Waals surface area contributed by atoms with Crippen LogP contribution >= 0.6 is 15.9 Å². The lowest BCUT2D eigenvalue weighted by molar-refractivity contribution is 0.151. The Bertz CT molecular complexity index is 125. The van der Waals surface area contributed by atoms with Crippen molar-refractivity contribution in [3.05, 3.63) is 0 Å². The summed E-state index contributed by atoms with van der Waals surface area (Å²) in [4.78, 5) is 0. The fraction of sp³-hybridized carbons (Fsp3) is 1.00. The number of rotatable bonds is 2. The predicted octanol–water partition coefficient (Wildman–Crippen LogP) is 2.20. The zero-order chi connectivity index (χ0) is 7.03. The van der Waals surface area contributed by atoms with Gasteiger partial charge in [-0.15, -0.1) is 0 Å². The molecule has 2 rings (SSSR count). The van der Waals surface area contributed by atoms with E-state index in [0.29, 0.717) is 5.41 Å². The van der Waals surface area contributed by atoms with E-state index in [-0.39, 0.29) is 0 Å². The molecule has 1 unspecified atom stereocenters. The summed E-state index contributed by atoms with van der Waals surface area (Å²) in [6, 6.07) is 0. The molecule has 0 amide bonds. The third kappa shape index (κ3) is 1.02. The molecule has 0 N–H and O–H groups in total. The van der Waals surface area contributed by atoms with E-state index >= 15 is 0 Å². The normalized spacial score (nSPS) is 40.5.